The van der Waals surface area contributed by atoms with Gasteiger partial charge in [0, 0.05) is 42.4 Å². The molecule has 2 heterocycles. The van der Waals surface area contributed by atoms with Crippen molar-refractivity contribution < 1.29 is 14.1 Å². The molecule has 1 saturated heterocycles. The van der Waals surface area contributed by atoms with Crippen LogP contribution in [0, 0.1) is 0 Å². The van der Waals surface area contributed by atoms with E-state index >= 15 is 0 Å². The summed E-state index contributed by atoms with van der Waals surface area (Å²) < 4.78 is 17.4. The third-order valence-electron chi connectivity index (χ3n) is 7.74. The van der Waals surface area contributed by atoms with Crippen LogP contribution in [0.3, 0.4) is 0 Å². The molecule has 1 aliphatic heterocycles. The molecule has 0 spiro atoms. The summed E-state index contributed by atoms with van der Waals surface area (Å²) in [6, 6.07) is 25.6. The maximum atomic E-state index is 6.82. The zero-order chi connectivity index (χ0) is 29.4. The van der Waals surface area contributed by atoms with Gasteiger partial charge in [-0.2, -0.15) is 0 Å². The molecule has 6 rings (SSSR count). The minimum Gasteiger partial charge on any atom is -0.488 e. The van der Waals surface area contributed by atoms with E-state index in [1.165, 1.54) is 32.4 Å². The van der Waals surface area contributed by atoms with E-state index in [0.717, 1.165) is 40.9 Å². The van der Waals surface area contributed by atoms with Crippen LogP contribution >= 0.6 is 48.0 Å². The Bertz CT molecular complexity index is 1660. The van der Waals surface area contributed by atoms with Gasteiger partial charge in [0.15, 0.2) is 0 Å². The third-order valence-corrected chi connectivity index (χ3v) is 8.48. The van der Waals surface area contributed by atoms with Crippen LogP contribution < -0.4 is 14.8 Å². The number of hydrogen-bond acceptors (Lipinski definition) is 7. The predicted octanol–water partition coefficient (Wildman–Crippen LogP) is 8.77. The average Bonchev–Trinajstić information content (AvgIpc) is 3.52. The largest absolute Gasteiger partial charge is 0.488 e. The van der Waals surface area contributed by atoms with Crippen molar-refractivity contribution in [3.05, 3.63) is 106 Å². The summed E-state index contributed by atoms with van der Waals surface area (Å²) in [5, 5.41) is 12.6. The Hall–Kier alpha value is -3.04. The van der Waals surface area contributed by atoms with Gasteiger partial charge in [-0.15, -0.1) is 24.8 Å². The zero-order valence-corrected chi connectivity index (χ0v) is 27.9. The number of likely N-dealkylation sites (tertiary alicyclic amines) is 1. The highest BCUT2D eigenvalue weighted by atomic mass is 35.5. The van der Waals surface area contributed by atoms with Crippen LogP contribution in [-0.2, 0) is 19.8 Å². The van der Waals surface area contributed by atoms with Gasteiger partial charge in [-0.05, 0) is 65.6 Å². The highest BCUT2D eigenvalue weighted by Crippen LogP contribution is 2.36. The van der Waals surface area contributed by atoms with Crippen molar-refractivity contribution in [3.8, 4) is 22.6 Å². The monoisotopic (exact) mass is 688 g/mol. The number of fused-ring (bicyclic) bond motifs is 1. The number of rotatable bonds is 12. The Morgan fingerprint density at radius 2 is 1.53 bits per heavy atom. The number of benzene rings is 4. The van der Waals surface area contributed by atoms with Crippen molar-refractivity contribution >= 4 is 59.0 Å². The van der Waals surface area contributed by atoms with E-state index in [1.54, 1.807) is 0 Å². The minimum absolute atomic E-state index is 0. The first-order chi connectivity index (χ1) is 21.1. The van der Waals surface area contributed by atoms with E-state index < -0.39 is 0 Å². The van der Waals surface area contributed by atoms with Gasteiger partial charge in [0.25, 0.3) is 0 Å². The van der Waals surface area contributed by atoms with E-state index in [4.69, 9.17) is 37.3 Å². The molecular formula is C34H36Cl4N4O3. The smallest absolute Gasteiger partial charge is 0.142 e. The van der Waals surface area contributed by atoms with Gasteiger partial charge in [0.1, 0.15) is 35.7 Å². The summed E-state index contributed by atoms with van der Waals surface area (Å²) >= 11 is 13.6. The molecule has 0 saturated carbocycles. The third kappa shape index (κ3) is 9.03. The molecule has 0 amide bonds. The standard InChI is InChI=1S/C34H34Cl2N4O3.2ClH/c35-29-19-27(21-37-14-17-40-15-5-2-6-16-40)32(41-22-24-12-13-30-31(18-24)39-43-38-30)20-33(29)42-23-26-10-7-11-28(34(26)36)25-8-3-1-4-9-25;;/h1,3-4,7-13,18-20,37H,2,5-6,14-17,21-23H2;2*1H. The number of halogens is 4. The topological polar surface area (TPSA) is 72.7 Å². The van der Waals surface area contributed by atoms with E-state index in [-0.39, 0.29) is 31.4 Å². The SMILES string of the molecule is Cl.Cl.Clc1cc(CNCCN2CCCCC2)c(OCc2ccc3nonc3c2)cc1OCc1cccc(-c2ccccc2)c1Cl. The van der Waals surface area contributed by atoms with Crippen LogP contribution in [0.15, 0.2) is 83.5 Å². The van der Waals surface area contributed by atoms with Gasteiger partial charge >= 0.3 is 0 Å². The molecule has 0 radical (unpaired) electrons. The van der Waals surface area contributed by atoms with Crippen LogP contribution in [0.1, 0.15) is 36.0 Å². The second-order valence-electron chi connectivity index (χ2n) is 10.8. The van der Waals surface area contributed by atoms with Gasteiger partial charge in [0.05, 0.1) is 10.0 Å². The van der Waals surface area contributed by atoms with Crippen molar-refractivity contribution in [1.82, 2.24) is 20.5 Å². The second-order valence-corrected chi connectivity index (χ2v) is 11.6. The summed E-state index contributed by atoms with van der Waals surface area (Å²) in [6.07, 6.45) is 3.91. The first kappa shape index (κ1) is 34.8. The first-order valence-corrected chi connectivity index (χ1v) is 15.4. The fourth-order valence-corrected chi connectivity index (χ4v) is 5.90. The maximum Gasteiger partial charge on any atom is 0.142 e. The molecule has 5 aromatic rings. The second kappa shape index (κ2) is 17.0. The summed E-state index contributed by atoms with van der Waals surface area (Å²) in [7, 11) is 0. The van der Waals surface area contributed by atoms with Crippen molar-refractivity contribution in [2.75, 3.05) is 26.2 Å². The maximum absolute atomic E-state index is 6.82. The Labute approximate surface area is 286 Å². The van der Waals surface area contributed by atoms with Gasteiger partial charge in [0.2, 0.25) is 0 Å². The number of aromatic nitrogens is 2. The Morgan fingerprint density at radius 1 is 0.756 bits per heavy atom. The van der Waals surface area contributed by atoms with Crippen LogP contribution in [-0.4, -0.2) is 41.4 Å². The molecule has 45 heavy (non-hydrogen) atoms. The van der Waals surface area contributed by atoms with E-state index in [2.05, 4.69) is 20.5 Å². The highest BCUT2D eigenvalue weighted by Gasteiger charge is 2.15. The zero-order valence-electron chi connectivity index (χ0n) is 24.7. The number of hydrogen-bond donors (Lipinski definition) is 1. The minimum atomic E-state index is 0. The molecule has 238 valence electrons. The van der Waals surface area contributed by atoms with E-state index in [1.807, 2.05) is 78.9 Å². The Balaban J connectivity index is 0.00000230. The van der Waals surface area contributed by atoms with Crippen molar-refractivity contribution in [3.63, 3.8) is 0 Å². The van der Waals surface area contributed by atoms with Crippen LogP contribution in [0.25, 0.3) is 22.2 Å². The van der Waals surface area contributed by atoms with Crippen LogP contribution in [0.4, 0.5) is 0 Å². The van der Waals surface area contributed by atoms with Gasteiger partial charge in [-0.1, -0.05) is 84.2 Å². The number of nitrogens with zero attached hydrogens (tertiary/aromatic N) is 3. The average molecular weight is 690 g/mol. The molecular weight excluding hydrogens is 654 g/mol. The number of nitrogens with one attached hydrogen (secondary N) is 1. The lowest BCUT2D eigenvalue weighted by Crippen LogP contribution is -2.35. The normalized spacial score (nSPS) is 13.2. The van der Waals surface area contributed by atoms with Crippen molar-refractivity contribution in [2.24, 2.45) is 0 Å². The molecule has 1 aliphatic rings. The Kier molecular flexibility index (Phi) is 13.2. The first-order valence-electron chi connectivity index (χ1n) is 14.7. The highest BCUT2D eigenvalue weighted by molar-refractivity contribution is 6.34. The lowest BCUT2D eigenvalue weighted by molar-refractivity contribution is 0.228. The number of piperidine rings is 1. The van der Waals surface area contributed by atoms with E-state index in [0.29, 0.717) is 45.7 Å². The lowest BCUT2D eigenvalue weighted by Gasteiger charge is -2.26. The van der Waals surface area contributed by atoms with E-state index in [9.17, 15) is 0 Å². The summed E-state index contributed by atoms with van der Waals surface area (Å²) in [5.41, 5.74) is 6.21. The fourth-order valence-electron chi connectivity index (χ4n) is 5.37. The quantitative estimate of drug-likeness (QED) is 0.131. The van der Waals surface area contributed by atoms with Crippen molar-refractivity contribution in [2.45, 2.75) is 39.0 Å². The van der Waals surface area contributed by atoms with Gasteiger partial charge in [-0.3, -0.25) is 0 Å². The summed E-state index contributed by atoms with van der Waals surface area (Å²) in [6.45, 7) is 5.51. The summed E-state index contributed by atoms with van der Waals surface area (Å²) in [4.78, 5) is 2.52. The summed E-state index contributed by atoms with van der Waals surface area (Å²) in [5.74, 6) is 1.23. The predicted molar refractivity (Wildman–Crippen MR) is 185 cm³/mol. The Morgan fingerprint density at radius 3 is 2.36 bits per heavy atom. The molecule has 0 unspecified atom stereocenters. The molecule has 7 nitrogen and oxygen atoms in total. The molecule has 0 atom stereocenters. The van der Waals surface area contributed by atoms with Crippen LogP contribution in [0.5, 0.6) is 11.5 Å². The molecule has 4 aromatic carbocycles. The molecule has 1 fully saturated rings. The molecule has 0 aliphatic carbocycles. The molecule has 1 N–H and O–H groups in total. The van der Waals surface area contributed by atoms with Crippen LogP contribution in [0.2, 0.25) is 10.0 Å². The number of ether oxygens (including phenoxy) is 2. The van der Waals surface area contributed by atoms with Gasteiger partial charge < -0.3 is 19.7 Å². The molecule has 0 bridgehead atoms. The fraction of sp³-hybridized carbons (Fsp3) is 0.294. The molecule has 11 heteroatoms. The lowest BCUT2D eigenvalue weighted by atomic mass is 10.0. The van der Waals surface area contributed by atoms with Gasteiger partial charge in [-0.25, -0.2) is 4.63 Å². The molecule has 1 aromatic heterocycles. The van der Waals surface area contributed by atoms with Crippen molar-refractivity contribution in [1.29, 1.82) is 0 Å².